The van der Waals surface area contributed by atoms with Crippen LogP contribution in [0.2, 0.25) is 0 Å². The largest absolute Gasteiger partial charge is 0.507 e. The van der Waals surface area contributed by atoms with Crippen LogP contribution >= 0.6 is 0 Å². The second-order valence-corrected chi connectivity index (χ2v) is 5.82. The molecule has 0 atom stereocenters. The highest BCUT2D eigenvalue weighted by Gasteiger charge is 2.10. The number of aromatic hydroxyl groups is 1. The molecule has 2 aromatic carbocycles. The van der Waals surface area contributed by atoms with Crippen molar-refractivity contribution in [3.63, 3.8) is 0 Å². The summed E-state index contributed by atoms with van der Waals surface area (Å²) in [6, 6.07) is 16.0. The van der Waals surface area contributed by atoms with E-state index in [-0.39, 0.29) is 17.3 Å². The van der Waals surface area contributed by atoms with Crippen molar-refractivity contribution >= 4 is 11.9 Å². The van der Waals surface area contributed by atoms with Gasteiger partial charge in [0.25, 0.3) is 0 Å². The van der Waals surface area contributed by atoms with Crippen LogP contribution in [0.3, 0.4) is 0 Å². The molecule has 5 heteroatoms. The molecule has 0 aliphatic carbocycles. The van der Waals surface area contributed by atoms with Crippen molar-refractivity contribution in [3.05, 3.63) is 77.9 Å². The summed E-state index contributed by atoms with van der Waals surface area (Å²) in [5.41, 5.74) is 1.24. The molecule has 0 aliphatic heterocycles. The fraction of sp³-hybridized carbons (Fsp3) is 0.304. The molecule has 0 bridgehead atoms. The van der Waals surface area contributed by atoms with Crippen molar-refractivity contribution < 1.29 is 24.2 Å². The molecule has 0 saturated carbocycles. The van der Waals surface area contributed by atoms with Gasteiger partial charge in [-0.1, -0.05) is 68.5 Å². The molecule has 0 unspecified atom stereocenters. The first-order chi connectivity index (χ1) is 13.6. The summed E-state index contributed by atoms with van der Waals surface area (Å²) in [6.45, 7) is 4.55. The van der Waals surface area contributed by atoms with Crippen molar-refractivity contribution in [2.45, 2.75) is 39.7 Å². The molecule has 28 heavy (non-hydrogen) atoms. The molecular weight excluding hydrogens is 356 g/mol. The lowest BCUT2D eigenvalue weighted by Crippen LogP contribution is -2.06. The van der Waals surface area contributed by atoms with Crippen LogP contribution in [0.15, 0.2) is 66.7 Å². The van der Waals surface area contributed by atoms with E-state index in [0.29, 0.717) is 26.1 Å². The molecule has 5 nitrogen and oxygen atoms in total. The number of carbonyl (C=O) groups excluding carboxylic acids is 2. The third-order valence-corrected chi connectivity index (χ3v) is 3.58. The van der Waals surface area contributed by atoms with E-state index in [0.717, 1.165) is 12.0 Å². The third-order valence-electron chi connectivity index (χ3n) is 3.58. The zero-order chi connectivity index (χ0) is 20.6. The van der Waals surface area contributed by atoms with Gasteiger partial charge in [-0.05, 0) is 30.5 Å². The fourth-order valence-corrected chi connectivity index (χ4v) is 2.07. The van der Waals surface area contributed by atoms with Gasteiger partial charge in [-0.25, -0.2) is 4.79 Å². The second-order valence-electron chi connectivity index (χ2n) is 5.82. The number of hydrogen-bond donors (Lipinski definition) is 1. The third kappa shape index (κ3) is 9.57. The number of allylic oxidation sites excluding steroid dienone is 1. The highest BCUT2D eigenvalue weighted by molar-refractivity contribution is 5.92. The molecule has 150 valence electrons. The van der Waals surface area contributed by atoms with E-state index in [1.165, 1.54) is 6.07 Å². The van der Waals surface area contributed by atoms with Gasteiger partial charge in [0.05, 0.1) is 6.61 Å². The second kappa shape index (κ2) is 14.0. The quantitative estimate of drug-likeness (QED) is 0.392. The van der Waals surface area contributed by atoms with Crippen molar-refractivity contribution in [2.75, 3.05) is 6.61 Å². The first kappa shape index (κ1) is 23.0. The Labute approximate surface area is 166 Å². The molecule has 2 aromatic rings. The number of ether oxygens (including phenoxy) is 2. The van der Waals surface area contributed by atoms with E-state index in [2.05, 4.69) is 0 Å². The van der Waals surface area contributed by atoms with E-state index < -0.39 is 5.97 Å². The number of benzene rings is 2. The average molecular weight is 384 g/mol. The van der Waals surface area contributed by atoms with Crippen LogP contribution in [-0.4, -0.2) is 23.7 Å². The Morgan fingerprint density at radius 1 is 0.929 bits per heavy atom. The molecule has 0 radical (unpaired) electrons. The summed E-state index contributed by atoms with van der Waals surface area (Å²) in [5.74, 6) is -0.682. The van der Waals surface area contributed by atoms with Crippen molar-refractivity contribution in [1.29, 1.82) is 0 Å². The Balaban J connectivity index is 0.000000292. The monoisotopic (exact) mass is 384 g/mol. The molecule has 0 aromatic heterocycles. The minimum Gasteiger partial charge on any atom is -0.507 e. The lowest BCUT2D eigenvalue weighted by Gasteiger charge is -2.04. The van der Waals surface area contributed by atoms with Crippen LogP contribution in [0.1, 0.15) is 49.0 Å². The number of phenolic OH excluding ortho intramolecular Hbond substituents is 1. The minimum absolute atomic E-state index is 0.0448. The maximum atomic E-state index is 11.5. The number of para-hydroxylation sites is 1. The Morgan fingerprint density at radius 2 is 1.61 bits per heavy atom. The molecular formula is C23H28O5. The summed E-state index contributed by atoms with van der Waals surface area (Å²) >= 11 is 0. The van der Waals surface area contributed by atoms with E-state index in [1.54, 1.807) is 25.1 Å². The molecule has 0 aliphatic rings. The van der Waals surface area contributed by atoms with Gasteiger partial charge in [-0.2, -0.15) is 0 Å². The van der Waals surface area contributed by atoms with Crippen LogP contribution in [-0.2, 0) is 20.9 Å². The van der Waals surface area contributed by atoms with Gasteiger partial charge in [0.1, 0.15) is 17.9 Å². The van der Waals surface area contributed by atoms with E-state index in [4.69, 9.17) is 9.47 Å². The van der Waals surface area contributed by atoms with E-state index >= 15 is 0 Å². The highest BCUT2D eigenvalue weighted by Crippen LogP contribution is 2.16. The molecule has 1 N–H and O–H groups in total. The van der Waals surface area contributed by atoms with Crippen molar-refractivity contribution in [2.24, 2.45) is 0 Å². The summed E-state index contributed by atoms with van der Waals surface area (Å²) in [4.78, 5) is 22.3. The molecule has 0 saturated heterocycles. The molecule has 0 fully saturated rings. The average Bonchev–Trinajstić information content (AvgIpc) is 2.73. The zero-order valence-corrected chi connectivity index (χ0v) is 16.5. The summed E-state index contributed by atoms with van der Waals surface area (Å²) in [6.07, 6.45) is 6.11. The van der Waals surface area contributed by atoms with Crippen LogP contribution < -0.4 is 0 Å². The number of hydrogen-bond acceptors (Lipinski definition) is 5. The van der Waals surface area contributed by atoms with Gasteiger partial charge in [0.2, 0.25) is 0 Å². The number of carbonyl (C=O) groups is 2. The minimum atomic E-state index is -0.483. The van der Waals surface area contributed by atoms with Gasteiger partial charge in [-0.15, -0.1) is 0 Å². The van der Waals surface area contributed by atoms with Crippen LogP contribution in [0, 0.1) is 0 Å². The Bertz CT molecular complexity index is 738. The zero-order valence-electron chi connectivity index (χ0n) is 16.5. The Kier molecular flexibility index (Phi) is 11.5. The van der Waals surface area contributed by atoms with Gasteiger partial charge in [-0.3, -0.25) is 4.79 Å². The van der Waals surface area contributed by atoms with E-state index in [9.17, 15) is 14.7 Å². The standard InChI is InChI=1S/C13H16O3.C10H12O2/c1-2-3-4-7-10-16-13(15)11-8-5-6-9-12(11)14;1-2-10(11)12-8-9-6-4-3-5-7-9/h3-6,8-9,14H,2,7,10H2,1H3;3-7H,2,8H2,1H3/b4-3-;. The first-order valence-electron chi connectivity index (χ1n) is 9.38. The fourth-order valence-electron chi connectivity index (χ4n) is 2.07. The predicted molar refractivity (Wildman–Crippen MR) is 109 cm³/mol. The number of phenols is 1. The highest BCUT2D eigenvalue weighted by atomic mass is 16.5. The van der Waals surface area contributed by atoms with Gasteiger partial charge < -0.3 is 14.6 Å². The predicted octanol–water partition coefficient (Wildman–Crippen LogP) is 5.05. The van der Waals surface area contributed by atoms with Crippen LogP contribution in [0.4, 0.5) is 0 Å². The normalized spacial score (nSPS) is 10.1. The molecule has 2 rings (SSSR count). The van der Waals surface area contributed by atoms with Crippen molar-refractivity contribution in [3.8, 4) is 5.75 Å². The Morgan fingerprint density at radius 3 is 2.25 bits per heavy atom. The van der Waals surface area contributed by atoms with Crippen molar-refractivity contribution in [1.82, 2.24) is 0 Å². The van der Waals surface area contributed by atoms with Gasteiger partial charge >= 0.3 is 11.9 Å². The van der Waals surface area contributed by atoms with Gasteiger partial charge in [0, 0.05) is 6.42 Å². The van der Waals surface area contributed by atoms with Crippen LogP contribution in [0.25, 0.3) is 0 Å². The van der Waals surface area contributed by atoms with Crippen LogP contribution in [0.5, 0.6) is 5.75 Å². The molecule has 0 spiro atoms. The molecule has 0 amide bonds. The van der Waals surface area contributed by atoms with E-state index in [1.807, 2.05) is 49.4 Å². The first-order valence-corrected chi connectivity index (χ1v) is 9.38. The maximum absolute atomic E-state index is 11.5. The topological polar surface area (TPSA) is 72.8 Å². The summed E-state index contributed by atoms with van der Waals surface area (Å²) in [7, 11) is 0. The molecule has 0 heterocycles. The van der Waals surface area contributed by atoms with Gasteiger partial charge in [0.15, 0.2) is 0 Å². The number of rotatable bonds is 8. The maximum Gasteiger partial charge on any atom is 0.341 e. The summed E-state index contributed by atoms with van der Waals surface area (Å²) in [5, 5.41) is 9.41. The Hall–Kier alpha value is -3.08. The number of esters is 2. The smallest absolute Gasteiger partial charge is 0.341 e. The lowest BCUT2D eigenvalue weighted by atomic mass is 10.2. The lowest BCUT2D eigenvalue weighted by molar-refractivity contribution is -0.144. The SMILES string of the molecule is CC/C=C\CCOC(=O)c1ccccc1O.CCC(=O)OCc1ccccc1. The summed E-state index contributed by atoms with van der Waals surface area (Å²) < 4.78 is 9.94.